The van der Waals surface area contributed by atoms with Gasteiger partial charge in [-0.25, -0.2) is 0 Å². The molecule has 0 aromatic heterocycles. The highest BCUT2D eigenvalue weighted by Gasteiger charge is 2.46. The van der Waals surface area contributed by atoms with E-state index in [1.807, 2.05) is 12.1 Å². The molecule has 0 spiro atoms. The highest BCUT2D eigenvalue weighted by Crippen LogP contribution is 2.44. The molecule has 0 radical (unpaired) electrons. The lowest BCUT2D eigenvalue weighted by molar-refractivity contribution is -0.142. The molecule has 2 atom stereocenters. The molecule has 0 aliphatic heterocycles. The van der Waals surface area contributed by atoms with Crippen LogP contribution in [0.1, 0.15) is 45.5 Å². The zero-order valence-corrected chi connectivity index (χ0v) is 31.5. The Bertz CT molecular complexity index is 1940. The van der Waals surface area contributed by atoms with Crippen molar-refractivity contribution in [1.29, 1.82) is 0 Å². The summed E-state index contributed by atoms with van der Waals surface area (Å²) < 4.78 is 21.6. The predicted octanol–water partition coefficient (Wildman–Crippen LogP) is 6.61. The third kappa shape index (κ3) is 7.93. The van der Waals surface area contributed by atoms with Crippen LogP contribution in [0, 0.1) is 0 Å². The number of rotatable bonds is 14. The molecule has 286 valence electrons. The molecular formula is C46H44N2O8. The number of carbonyl (C=O) groups is 2. The maximum absolute atomic E-state index is 14.4. The monoisotopic (exact) mass is 752 g/mol. The molecule has 0 aliphatic rings. The van der Waals surface area contributed by atoms with Gasteiger partial charge in [-0.3, -0.25) is 9.59 Å². The topological polar surface area (TPSA) is 136 Å². The number of hydrogen-bond acceptors (Lipinski definition) is 8. The van der Waals surface area contributed by atoms with Crippen molar-refractivity contribution in [2.24, 2.45) is 0 Å². The SMILES string of the molecule is COc1ccc(C(O)(c2ccc(OC)cc2)C(NC(=O)C(=O)NC(c2ccccc2)C(O)(c2ccc(OC)cc2)c2ccc(OC)cc2)c2ccccc2)cc1. The Kier molecular flexibility index (Phi) is 12.0. The minimum Gasteiger partial charge on any atom is -0.497 e. The lowest BCUT2D eigenvalue weighted by Gasteiger charge is -2.39. The molecule has 0 saturated heterocycles. The number of nitrogens with one attached hydrogen (secondary N) is 2. The van der Waals surface area contributed by atoms with Gasteiger partial charge in [-0.15, -0.1) is 0 Å². The van der Waals surface area contributed by atoms with Crippen LogP contribution in [0.5, 0.6) is 23.0 Å². The summed E-state index contributed by atoms with van der Waals surface area (Å²) in [4.78, 5) is 28.8. The largest absolute Gasteiger partial charge is 0.497 e. The normalized spacial score (nSPS) is 12.5. The number of carbonyl (C=O) groups excluding carboxylic acids is 2. The van der Waals surface area contributed by atoms with Crippen LogP contribution in [0.15, 0.2) is 158 Å². The van der Waals surface area contributed by atoms with E-state index in [9.17, 15) is 19.8 Å². The summed E-state index contributed by atoms with van der Waals surface area (Å²) >= 11 is 0. The van der Waals surface area contributed by atoms with Gasteiger partial charge in [-0.1, -0.05) is 109 Å². The van der Waals surface area contributed by atoms with E-state index in [-0.39, 0.29) is 0 Å². The van der Waals surface area contributed by atoms with Gasteiger partial charge >= 0.3 is 11.8 Å². The van der Waals surface area contributed by atoms with Crippen molar-refractivity contribution in [3.8, 4) is 23.0 Å². The first-order valence-electron chi connectivity index (χ1n) is 17.9. The Labute approximate surface area is 326 Å². The van der Waals surface area contributed by atoms with Crippen molar-refractivity contribution in [2.75, 3.05) is 28.4 Å². The van der Waals surface area contributed by atoms with E-state index in [0.717, 1.165) is 0 Å². The van der Waals surface area contributed by atoms with Gasteiger partial charge in [-0.05, 0) is 81.9 Å². The molecule has 0 bridgehead atoms. The molecule has 2 amide bonds. The van der Waals surface area contributed by atoms with E-state index in [2.05, 4.69) is 10.6 Å². The zero-order chi connectivity index (χ0) is 39.7. The van der Waals surface area contributed by atoms with Crippen molar-refractivity contribution in [3.63, 3.8) is 0 Å². The van der Waals surface area contributed by atoms with E-state index in [1.165, 1.54) is 0 Å². The molecule has 6 rings (SSSR count). The second kappa shape index (κ2) is 17.2. The van der Waals surface area contributed by atoms with Crippen molar-refractivity contribution in [3.05, 3.63) is 191 Å². The molecule has 6 aromatic carbocycles. The zero-order valence-electron chi connectivity index (χ0n) is 31.5. The minimum atomic E-state index is -1.92. The summed E-state index contributed by atoms with van der Waals surface area (Å²) in [5, 5.41) is 31.8. The van der Waals surface area contributed by atoms with Crippen LogP contribution in [0.3, 0.4) is 0 Å². The van der Waals surface area contributed by atoms with E-state index in [0.29, 0.717) is 56.4 Å². The Balaban J connectivity index is 1.44. The summed E-state index contributed by atoms with van der Waals surface area (Å²) in [6.07, 6.45) is 0. The van der Waals surface area contributed by atoms with Gasteiger partial charge in [0.05, 0.1) is 40.5 Å². The first kappa shape index (κ1) is 39.1. The first-order valence-corrected chi connectivity index (χ1v) is 17.9. The van der Waals surface area contributed by atoms with Crippen molar-refractivity contribution >= 4 is 11.8 Å². The fraction of sp³-hybridized carbons (Fsp3) is 0.174. The molecule has 0 heterocycles. The summed E-state index contributed by atoms with van der Waals surface area (Å²) in [6.45, 7) is 0. The summed E-state index contributed by atoms with van der Waals surface area (Å²) in [6, 6.07) is 42.8. The number of hydrogen-bond donors (Lipinski definition) is 4. The van der Waals surface area contributed by atoms with Gasteiger partial charge in [0.2, 0.25) is 0 Å². The number of benzene rings is 6. The molecule has 56 heavy (non-hydrogen) atoms. The van der Waals surface area contributed by atoms with Crippen LogP contribution in [0.25, 0.3) is 0 Å². The standard InChI is InChI=1S/C46H44N2O8/c1-53-37-23-15-33(16-24-37)45(51,34-17-25-38(54-2)26-18-34)41(31-11-7-5-8-12-31)47-43(49)44(50)48-42(32-13-9-6-10-14-32)46(52,35-19-27-39(55-3)28-20-35)36-21-29-40(56-4)30-22-36/h5-30,41-42,51-52H,1-4H3,(H,47,49)(H,48,50). The Morgan fingerprint density at radius 1 is 0.411 bits per heavy atom. The molecule has 0 aliphatic carbocycles. The van der Waals surface area contributed by atoms with Crippen LogP contribution in [0.4, 0.5) is 0 Å². The Morgan fingerprint density at radius 3 is 0.857 bits per heavy atom. The van der Waals surface area contributed by atoms with E-state index >= 15 is 0 Å². The summed E-state index contributed by atoms with van der Waals surface area (Å²) in [7, 11) is 6.18. The molecule has 0 saturated carbocycles. The second-order valence-electron chi connectivity index (χ2n) is 13.1. The quantitative estimate of drug-likeness (QED) is 0.0914. The number of aliphatic hydroxyl groups is 2. The highest BCUT2D eigenvalue weighted by molar-refractivity contribution is 6.35. The van der Waals surface area contributed by atoms with Crippen LogP contribution in [0.2, 0.25) is 0 Å². The van der Waals surface area contributed by atoms with Crippen LogP contribution < -0.4 is 29.6 Å². The maximum atomic E-state index is 14.4. The summed E-state index contributed by atoms with van der Waals surface area (Å²) in [5.41, 5.74) is -1.08. The highest BCUT2D eigenvalue weighted by atomic mass is 16.5. The molecule has 10 nitrogen and oxygen atoms in total. The Morgan fingerprint density at radius 2 is 0.643 bits per heavy atom. The fourth-order valence-corrected chi connectivity index (χ4v) is 6.92. The molecule has 10 heteroatoms. The lowest BCUT2D eigenvalue weighted by atomic mass is 9.76. The Hall–Kier alpha value is -6.62. The number of methoxy groups -OCH3 is 4. The van der Waals surface area contributed by atoms with E-state index in [1.54, 1.807) is 174 Å². The van der Waals surface area contributed by atoms with Crippen molar-refractivity contribution in [2.45, 2.75) is 23.3 Å². The van der Waals surface area contributed by atoms with Crippen LogP contribution in [-0.4, -0.2) is 50.5 Å². The van der Waals surface area contributed by atoms with Gasteiger partial charge in [0.25, 0.3) is 0 Å². The summed E-state index contributed by atoms with van der Waals surface area (Å²) in [5.74, 6) is 0.175. The predicted molar refractivity (Wildman–Crippen MR) is 213 cm³/mol. The van der Waals surface area contributed by atoms with Gasteiger partial charge in [-0.2, -0.15) is 0 Å². The van der Waals surface area contributed by atoms with Crippen molar-refractivity contribution in [1.82, 2.24) is 10.6 Å². The van der Waals surface area contributed by atoms with Gasteiger partial charge in [0, 0.05) is 0 Å². The van der Waals surface area contributed by atoms with E-state index in [4.69, 9.17) is 18.9 Å². The van der Waals surface area contributed by atoms with Gasteiger partial charge < -0.3 is 39.8 Å². The maximum Gasteiger partial charge on any atom is 0.309 e. The van der Waals surface area contributed by atoms with E-state index < -0.39 is 35.1 Å². The molecule has 4 N–H and O–H groups in total. The smallest absolute Gasteiger partial charge is 0.309 e. The first-order chi connectivity index (χ1) is 27.1. The molecule has 2 unspecified atom stereocenters. The lowest BCUT2D eigenvalue weighted by Crippen LogP contribution is -2.52. The molecule has 0 fully saturated rings. The van der Waals surface area contributed by atoms with Crippen LogP contribution >= 0.6 is 0 Å². The number of amides is 2. The minimum absolute atomic E-state index is 0.425. The fourth-order valence-electron chi connectivity index (χ4n) is 6.92. The number of ether oxygens (including phenoxy) is 4. The molecule has 6 aromatic rings. The average molecular weight is 753 g/mol. The third-order valence-corrected chi connectivity index (χ3v) is 9.98. The third-order valence-electron chi connectivity index (χ3n) is 9.98. The van der Waals surface area contributed by atoms with Crippen molar-refractivity contribution < 1.29 is 38.7 Å². The average Bonchev–Trinajstić information content (AvgIpc) is 3.27. The van der Waals surface area contributed by atoms with Crippen LogP contribution in [-0.2, 0) is 20.8 Å². The van der Waals surface area contributed by atoms with Gasteiger partial charge in [0.1, 0.15) is 34.2 Å². The molecular weight excluding hydrogens is 709 g/mol. The van der Waals surface area contributed by atoms with Gasteiger partial charge in [0.15, 0.2) is 0 Å². The second-order valence-corrected chi connectivity index (χ2v) is 13.1.